The summed E-state index contributed by atoms with van der Waals surface area (Å²) in [4.78, 5) is 0. The van der Waals surface area contributed by atoms with Gasteiger partial charge in [0.15, 0.2) is 4.34 Å². The molecule has 0 unspecified atom stereocenters. The van der Waals surface area contributed by atoms with Gasteiger partial charge in [0.2, 0.25) is 5.13 Å². The van der Waals surface area contributed by atoms with Crippen LogP contribution < -0.4 is 10.1 Å². The molecule has 0 saturated carbocycles. The van der Waals surface area contributed by atoms with E-state index < -0.39 is 0 Å². The van der Waals surface area contributed by atoms with Crippen molar-refractivity contribution in [2.45, 2.75) is 18.2 Å². The van der Waals surface area contributed by atoms with E-state index in [0.29, 0.717) is 22.4 Å². The number of benzene rings is 2. The number of ether oxygens (including phenoxy) is 1. The summed E-state index contributed by atoms with van der Waals surface area (Å²) in [7, 11) is 0. The molecular weight excluding hydrogens is 409 g/mol. The largest absolute Gasteiger partial charge is 0.491 e. The number of aromatic nitrogens is 2. The number of hydrogen-bond donors (Lipinski definition) is 1. The van der Waals surface area contributed by atoms with Crippen molar-refractivity contribution in [2.75, 3.05) is 17.7 Å². The van der Waals surface area contributed by atoms with Gasteiger partial charge in [-0.3, -0.25) is 0 Å². The number of aryl methyl sites for hydroxylation is 1. The van der Waals surface area contributed by atoms with Gasteiger partial charge >= 0.3 is 0 Å². The zero-order chi connectivity index (χ0) is 18.5. The standard InChI is InChI=1S/C18H17Cl2N3OS2/c1-11-4-3-5-15(12(11)2)21-17-22-23-18(26-17)25-9-8-24-16-7-6-13(19)10-14(16)20/h3-7,10H,8-9H2,1-2H3,(H,21,22). The second-order valence-corrected chi connectivity index (χ2v) is 8.68. The van der Waals surface area contributed by atoms with Gasteiger partial charge < -0.3 is 10.1 Å². The van der Waals surface area contributed by atoms with Crippen LogP contribution in [0.15, 0.2) is 40.7 Å². The number of thioether (sulfide) groups is 1. The Labute approximate surface area is 170 Å². The summed E-state index contributed by atoms with van der Waals surface area (Å²) in [6.45, 7) is 4.70. The molecule has 0 fully saturated rings. The Morgan fingerprint density at radius 1 is 1.15 bits per heavy atom. The fourth-order valence-electron chi connectivity index (χ4n) is 2.19. The molecule has 3 rings (SSSR count). The third-order valence-electron chi connectivity index (χ3n) is 3.71. The van der Waals surface area contributed by atoms with Gasteiger partial charge in [0.1, 0.15) is 5.75 Å². The lowest BCUT2D eigenvalue weighted by Gasteiger charge is -2.08. The molecule has 4 nitrogen and oxygen atoms in total. The minimum atomic E-state index is 0.512. The first kappa shape index (κ1) is 19.3. The summed E-state index contributed by atoms with van der Waals surface area (Å²) in [5.41, 5.74) is 3.51. The highest BCUT2D eigenvalue weighted by molar-refractivity contribution is 8.01. The quantitative estimate of drug-likeness (QED) is 0.351. The highest BCUT2D eigenvalue weighted by Crippen LogP contribution is 2.30. The van der Waals surface area contributed by atoms with Gasteiger partial charge in [0.05, 0.1) is 11.6 Å². The van der Waals surface area contributed by atoms with Gasteiger partial charge in [0.25, 0.3) is 0 Å². The fraction of sp³-hybridized carbons (Fsp3) is 0.222. The van der Waals surface area contributed by atoms with E-state index >= 15 is 0 Å². The molecule has 0 aliphatic heterocycles. The Kier molecular flexibility index (Phi) is 6.64. The minimum absolute atomic E-state index is 0.512. The van der Waals surface area contributed by atoms with Crippen LogP contribution in [-0.4, -0.2) is 22.6 Å². The Hall–Kier alpha value is -1.47. The average molecular weight is 426 g/mol. The zero-order valence-corrected chi connectivity index (χ0v) is 17.4. The molecule has 1 aromatic heterocycles. The molecule has 2 aromatic carbocycles. The molecule has 26 heavy (non-hydrogen) atoms. The molecule has 136 valence electrons. The molecule has 0 atom stereocenters. The third-order valence-corrected chi connectivity index (χ3v) is 6.18. The van der Waals surface area contributed by atoms with Gasteiger partial charge in [-0.25, -0.2) is 0 Å². The molecule has 0 radical (unpaired) electrons. The fourth-order valence-corrected chi connectivity index (χ4v) is 4.31. The van der Waals surface area contributed by atoms with E-state index in [9.17, 15) is 0 Å². The molecule has 0 saturated heterocycles. The minimum Gasteiger partial charge on any atom is -0.491 e. The first-order valence-corrected chi connectivity index (χ1v) is 10.5. The normalized spacial score (nSPS) is 10.8. The number of nitrogens with zero attached hydrogens (tertiary/aromatic N) is 2. The van der Waals surface area contributed by atoms with Crippen molar-refractivity contribution >= 4 is 57.1 Å². The summed E-state index contributed by atoms with van der Waals surface area (Å²) < 4.78 is 6.57. The first-order valence-electron chi connectivity index (χ1n) is 7.90. The smallest absolute Gasteiger partial charge is 0.210 e. The van der Waals surface area contributed by atoms with Crippen LogP contribution in [0, 0.1) is 13.8 Å². The molecule has 0 aliphatic rings. The predicted octanol–water partition coefficient (Wildman–Crippen LogP) is 6.38. The van der Waals surface area contributed by atoms with Gasteiger partial charge in [-0.2, -0.15) is 0 Å². The molecule has 1 heterocycles. The Bertz CT molecular complexity index is 902. The topological polar surface area (TPSA) is 47.0 Å². The maximum atomic E-state index is 6.08. The van der Waals surface area contributed by atoms with Crippen LogP contribution in [0.25, 0.3) is 0 Å². The van der Waals surface area contributed by atoms with Crippen LogP contribution >= 0.6 is 46.3 Å². The predicted molar refractivity (Wildman–Crippen MR) is 112 cm³/mol. The number of hydrogen-bond acceptors (Lipinski definition) is 6. The first-order chi connectivity index (χ1) is 12.5. The highest BCUT2D eigenvalue weighted by atomic mass is 35.5. The molecule has 0 amide bonds. The van der Waals surface area contributed by atoms with Crippen LogP contribution in [0.2, 0.25) is 10.0 Å². The molecule has 8 heteroatoms. The number of rotatable bonds is 7. The summed E-state index contributed by atoms with van der Waals surface area (Å²) >= 11 is 15.1. The molecule has 3 aromatic rings. The second kappa shape index (κ2) is 8.95. The van der Waals surface area contributed by atoms with Gasteiger partial charge in [-0.1, -0.05) is 58.4 Å². The highest BCUT2D eigenvalue weighted by Gasteiger charge is 2.08. The molecule has 0 spiro atoms. The Morgan fingerprint density at radius 2 is 2.00 bits per heavy atom. The van der Waals surface area contributed by atoms with Crippen molar-refractivity contribution in [3.63, 3.8) is 0 Å². The van der Waals surface area contributed by atoms with Crippen LogP contribution in [0.4, 0.5) is 10.8 Å². The van der Waals surface area contributed by atoms with Crippen molar-refractivity contribution in [2.24, 2.45) is 0 Å². The van der Waals surface area contributed by atoms with Crippen molar-refractivity contribution in [1.82, 2.24) is 10.2 Å². The van der Waals surface area contributed by atoms with Crippen molar-refractivity contribution in [3.8, 4) is 5.75 Å². The van der Waals surface area contributed by atoms with Crippen LogP contribution in [0.1, 0.15) is 11.1 Å². The van der Waals surface area contributed by atoms with Crippen LogP contribution in [-0.2, 0) is 0 Å². The van der Waals surface area contributed by atoms with Crippen LogP contribution in [0.3, 0.4) is 0 Å². The summed E-state index contributed by atoms with van der Waals surface area (Å²) in [5.74, 6) is 1.38. The SMILES string of the molecule is Cc1cccc(Nc2nnc(SCCOc3ccc(Cl)cc3Cl)s2)c1C. The van der Waals surface area contributed by atoms with E-state index in [4.69, 9.17) is 27.9 Å². The van der Waals surface area contributed by atoms with E-state index in [-0.39, 0.29) is 0 Å². The molecule has 1 N–H and O–H groups in total. The van der Waals surface area contributed by atoms with Crippen molar-refractivity contribution in [1.29, 1.82) is 0 Å². The second-order valence-electron chi connectivity index (χ2n) is 5.52. The third kappa shape index (κ3) is 5.04. The van der Waals surface area contributed by atoms with E-state index in [1.165, 1.54) is 22.5 Å². The van der Waals surface area contributed by atoms with Crippen molar-refractivity contribution in [3.05, 3.63) is 57.6 Å². The maximum Gasteiger partial charge on any atom is 0.210 e. The van der Waals surface area contributed by atoms with E-state index in [2.05, 4.69) is 35.4 Å². The Balaban J connectivity index is 1.50. The zero-order valence-electron chi connectivity index (χ0n) is 14.3. The lowest BCUT2D eigenvalue weighted by Crippen LogP contribution is -2.00. The van der Waals surface area contributed by atoms with Crippen LogP contribution in [0.5, 0.6) is 5.75 Å². The average Bonchev–Trinajstić information content (AvgIpc) is 3.05. The number of nitrogens with one attached hydrogen (secondary N) is 1. The number of anilines is 2. The van der Waals surface area contributed by atoms with E-state index in [1.807, 2.05) is 12.1 Å². The lowest BCUT2D eigenvalue weighted by atomic mass is 10.1. The Morgan fingerprint density at radius 3 is 2.81 bits per heavy atom. The summed E-state index contributed by atoms with van der Waals surface area (Å²) in [6.07, 6.45) is 0. The summed E-state index contributed by atoms with van der Waals surface area (Å²) in [5, 5.41) is 13.6. The molecule has 0 bridgehead atoms. The van der Waals surface area contributed by atoms with Gasteiger partial charge in [0, 0.05) is 16.5 Å². The van der Waals surface area contributed by atoms with E-state index in [1.54, 1.807) is 30.0 Å². The number of halogens is 2. The lowest BCUT2D eigenvalue weighted by molar-refractivity contribution is 0.344. The summed E-state index contributed by atoms with van der Waals surface area (Å²) in [6, 6.07) is 11.4. The molecular formula is C18H17Cl2N3OS2. The monoisotopic (exact) mass is 425 g/mol. The van der Waals surface area contributed by atoms with E-state index in [0.717, 1.165) is 20.9 Å². The molecule has 0 aliphatic carbocycles. The van der Waals surface area contributed by atoms with Crippen molar-refractivity contribution < 1.29 is 4.74 Å². The van der Waals surface area contributed by atoms with Gasteiger partial charge in [-0.05, 0) is 49.2 Å². The maximum absolute atomic E-state index is 6.08. The van der Waals surface area contributed by atoms with Gasteiger partial charge in [-0.15, -0.1) is 10.2 Å².